The molecule has 0 radical (unpaired) electrons. The highest BCUT2D eigenvalue weighted by molar-refractivity contribution is 5.65. The van der Waals surface area contributed by atoms with E-state index in [0.29, 0.717) is 6.61 Å². The normalized spacial score (nSPS) is 11.5. The molecule has 128 valence electrons. The highest BCUT2D eigenvalue weighted by Crippen LogP contribution is 2.11. The average molecular weight is 309 g/mol. The first-order valence-corrected chi connectivity index (χ1v) is 9.20. The highest BCUT2D eigenvalue weighted by Gasteiger charge is 1.92. The lowest BCUT2D eigenvalue weighted by atomic mass is 10.1. The first-order chi connectivity index (χ1) is 10.8. The minimum Gasteiger partial charge on any atom is -0.462 e. The molecule has 0 aliphatic rings. The summed E-state index contributed by atoms with van der Waals surface area (Å²) < 4.78 is 4.83. The molecule has 0 aromatic carbocycles. The molecule has 2 heteroatoms. The van der Waals surface area contributed by atoms with Gasteiger partial charge < -0.3 is 4.74 Å². The van der Waals surface area contributed by atoms with Crippen molar-refractivity contribution in [1.29, 1.82) is 0 Å². The van der Waals surface area contributed by atoms with Crippen molar-refractivity contribution in [3.8, 4) is 0 Å². The van der Waals surface area contributed by atoms with Gasteiger partial charge in [-0.2, -0.15) is 0 Å². The fourth-order valence-electron chi connectivity index (χ4n) is 2.40. The minimum atomic E-state index is -0.206. The van der Waals surface area contributed by atoms with Crippen LogP contribution in [0, 0.1) is 0 Å². The predicted octanol–water partition coefficient (Wildman–Crippen LogP) is 6.36. The lowest BCUT2D eigenvalue weighted by molar-refractivity contribution is -0.139. The topological polar surface area (TPSA) is 26.3 Å². The standard InChI is InChI=1S/C20H36O2/c1-3-4-5-6-7-8-9-10-11-12-13-14-15-16-17-18-19-22-20(2)21/h4-5,17-18H,3,6-16,19H2,1-2H3/b5-4-,18-17-. The second kappa shape index (κ2) is 18.0. The minimum absolute atomic E-state index is 0.206. The van der Waals surface area contributed by atoms with Crippen LogP contribution < -0.4 is 0 Å². The number of allylic oxidation sites excluding steroid dienone is 3. The molecule has 0 atom stereocenters. The van der Waals surface area contributed by atoms with E-state index in [2.05, 4.69) is 25.2 Å². The maximum absolute atomic E-state index is 10.5. The molecule has 0 heterocycles. The molecule has 0 aromatic rings. The Balaban J connectivity index is 3.08. The molecule has 0 bridgehead atoms. The van der Waals surface area contributed by atoms with Gasteiger partial charge in [0, 0.05) is 6.92 Å². The predicted molar refractivity (Wildman–Crippen MR) is 96.0 cm³/mol. The van der Waals surface area contributed by atoms with E-state index in [9.17, 15) is 4.79 Å². The van der Waals surface area contributed by atoms with Crippen molar-refractivity contribution in [2.75, 3.05) is 6.61 Å². The highest BCUT2D eigenvalue weighted by atomic mass is 16.5. The smallest absolute Gasteiger partial charge is 0.302 e. The van der Waals surface area contributed by atoms with Crippen LogP contribution >= 0.6 is 0 Å². The zero-order valence-corrected chi connectivity index (χ0v) is 14.8. The van der Waals surface area contributed by atoms with Gasteiger partial charge in [-0.15, -0.1) is 0 Å². The zero-order valence-electron chi connectivity index (χ0n) is 14.8. The van der Waals surface area contributed by atoms with Crippen LogP contribution in [0.3, 0.4) is 0 Å². The van der Waals surface area contributed by atoms with Crippen molar-refractivity contribution in [3.63, 3.8) is 0 Å². The summed E-state index contributed by atoms with van der Waals surface area (Å²) in [6.45, 7) is 4.05. The third kappa shape index (κ3) is 18.9. The largest absolute Gasteiger partial charge is 0.462 e. The molecule has 0 aromatic heterocycles. The van der Waals surface area contributed by atoms with Crippen molar-refractivity contribution in [3.05, 3.63) is 24.3 Å². The molecule has 22 heavy (non-hydrogen) atoms. The van der Waals surface area contributed by atoms with Crippen LogP contribution in [0.5, 0.6) is 0 Å². The van der Waals surface area contributed by atoms with E-state index in [1.165, 1.54) is 77.6 Å². The molecule has 0 saturated heterocycles. The fourth-order valence-corrected chi connectivity index (χ4v) is 2.40. The maximum Gasteiger partial charge on any atom is 0.302 e. The van der Waals surface area contributed by atoms with Crippen molar-refractivity contribution in [2.45, 2.75) is 90.9 Å². The molecule has 0 aliphatic carbocycles. The number of hydrogen-bond acceptors (Lipinski definition) is 2. The Kier molecular flexibility index (Phi) is 17.1. The second-order valence-corrected chi connectivity index (χ2v) is 5.91. The molecule has 0 rings (SSSR count). The van der Waals surface area contributed by atoms with Crippen molar-refractivity contribution in [1.82, 2.24) is 0 Å². The summed E-state index contributed by atoms with van der Waals surface area (Å²) in [6.07, 6.45) is 24.4. The summed E-state index contributed by atoms with van der Waals surface area (Å²) in [6, 6.07) is 0. The number of esters is 1. The fraction of sp³-hybridized carbons (Fsp3) is 0.750. The number of hydrogen-bond donors (Lipinski definition) is 0. The monoisotopic (exact) mass is 308 g/mol. The summed E-state index contributed by atoms with van der Waals surface area (Å²) in [5.74, 6) is -0.206. The Labute approximate surface area is 138 Å². The van der Waals surface area contributed by atoms with Gasteiger partial charge >= 0.3 is 5.97 Å². The molecule has 2 nitrogen and oxygen atoms in total. The van der Waals surface area contributed by atoms with Crippen molar-refractivity contribution < 1.29 is 9.53 Å². The summed E-state index contributed by atoms with van der Waals surface area (Å²) in [7, 11) is 0. The average Bonchev–Trinajstić information content (AvgIpc) is 2.50. The Hall–Kier alpha value is -1.05. The number of carbonyl (C=O) groups excluding carboxylic acids is 1. The van der Waals surface area contributed by atoms with Gasteiger partial charge in [-0.1, -0.05) is 76.2 Å². The second-order valence-electron chi connectivity index (χ2n) is 5.91. The number of carbonyl (C=O) groups is 1. The van der Waals surface area contributed by atoms with E-state index in [0.717, 1.165) is 6.42 Å². The third-order valence-electron chi connectivity index (χ3n) is 3.69. The molecule has 0 spiro atoms. The summed E-state index contributed by atoms with van der Waals surface area (Å²) >= 11 is 0. The van der Waals surface area contributed by atoms with Crippen molar-refractivity contribution >= 4 is 5.97 Å². The van der Waals surface area contributed by atoms with E-state index in [-0.39, 0.29) is 5.97 Å². The van der Waals surface area contributed by atoms with Crippen LogP contribution in [0.15, 0.2) is 24.3 Å². The van der Waals surface area contributed by atoms with Crippen LogP contribution in [0.4, 0.5) is 0 Å². The van der Waals surface area contributed by atoms with Gasteiger partial charge in [0.25, 0.3) is 0 Å². The summed E-state index contributed by atoms with van der Waals surface area (Å²) in [4.78, 5) is 10.5. The lowest BCUT2D eigenvalue weighted by Crippen LogP contribution is -1.97. The molecular formula is C20H36O2. The summed E-state index contributed by atoms with van der Waals surface area (Å²) in [5, 5.41) is 0. The molecule has 0 unspecified atom stereocenters. The van der Waals surface area contributed by atoms with Gasteiger partial charge in [-0.3, -0.25) is 4.79 Å². The van der Waals surface area contributed by atoms with E-state index in [4.69, 9.17) is 4.74 Å². The SMILES string of the molecule is CC/C=C\CCCCCCCCCCC/C=C\COC(C)=O. The maximum atomic E-state index is 10.5. The van der Waals surface area contributed by atoms with Gasteiger partial charge in [-0.05, 0) is 32.1 Å². The summed E-state index contributed by atoms with van der Waals surface area (Å²) in [5.41, 5.74) is 0. The van der Waals surface area contributed by atoms with Crippen LogP contribution in [0.2, 0.25) is 0 Å². The Bertz CT molecular complexity index is 292. The van der Waals surface area contributed by atoms with Gasteiger partial charge in [0.15, 0.2) is 0 Å². The van der Waals surface area contributed by atoms with Crippen LogP contribution in [0.25, 0.3) is 0 Å². The Morgan fingerprint density at radius 3 is 1.64 bits per heavy atom. The molecular weight excluding hydrogens is 272 g/mol. The van der Waals surface area contributed by atoms with E-state index in [1.54, 1.807) is 0 Å². The van der Waals surface area contributed by atoms with Crippen LogP contribution in [-0.4, -0.2) is 12.6 Å². The van der Waals surface area contributed by atoms with Crippen LogP contribution in [0.1, 0.15) is 90.9 Å². The first-order valence-electron chi connectivity index (χ1n) is 9.20. The molecule has 0 aliphatic heterocycles. The van der Waals surface area contributed by atoms with Gasteiger partial charge in [0.05, 0.1) is 0 Å². The van der Waals surface area contributed by atoms with E-state index in [1.807, 2.05) is 6.08 Å². The van der Waals surface area contributed by atoms with Gasteiger partial charge in [-0.25, -0.2) is 0 Å². The van der Waals surface area contributed by atoms with Crippen molar-refractivity contribution in [2.24, 2.45) is 0 Å². The zero-order chi connectivity index (χ0) is 16.3. The number of unbranched alkanes of at least 4 members (excludes halogenated alkanes) is 10. The van der Waals surface area contributed by atoms with Gasteiger partial charge in [0.1, 0.15) is 6.61 Å². The molecule has 0 amide bonds. The molecule has 0 saturated carbocycles. The number of ether oxygens (including phenoxy) is 1. The lowest BCUT2D eigenvalue weighted by Gasteiger charge is -2.01. The van der Waals surface area contributed by atoms with Gasteiger partial charge in [0.2, 0.25) is 0 Å². The van der Waals surface area contributed by atoms with E-state index < -0.39 is 0 Å². The molecule has 0 N–H and O–H groups in total. The molecule has 0 fully saturated rings. The third-order valence-corrected chi connectivity index (χ3v) is 3.69. The van der Waals surface area contributed by atoms with E-state index >= 15 is 0 Å². The Morgan fingerprint density at radius 1 is 0.727 bits per heavy atom. The first kappa shape index (κ1) is 20.9. The van der Waals surface area contributed by atoms with Crippen LogP contribution in [-0.2, 0) is 9.53 Å². The number of rotatable bonds is 15. The Morgan fingerprint density at radius 2 is 1.18 bits per heavy atom. The quantitative estimate of drug-likeness (QED) is 0.200.